The molecular weight excluding hydrogens is 494 g/mol. The van der Waals surface area contributed by atoms with E-state index in [2.05, 4.69) is 15.9 Å². The van der Waals surface area contributed by atoms with Crippen molar-refractivity contribution in [2.24, 2.45) is 0 Å². The Morgan fingerprint density at radius 2 is 1.65 bits per heavy atom. The van der Waals surface area contributed by atoms with Crippen molar-refractivity contribution in [3.63, 3.8) is 0 Å². The molecule has 0 unspecified atom stereocenters. The van der Waals surface area contributed by atoms with E-state index in [1.165, 1.54) is 4.90 Å². The molecule has 34 heavy (non-hydrogen) atoms. The quantitative estimate of drug-likeness (QED) is 0.272. The second-order valence-corrected chi connectivity index (χ2v) is 8.58. The van der Waals surface area contributed by atoms with E-state index in [1.54, 1.807) is 19.9 Å². The molecule has 5 nitrogen and oxygen atoms in total. The minimum atomic E-state index is -0.526. The third-order valence-corrected chi connectivity index (χ3v) is 5.95. The lowest BCUT2D eigenvalue weighted by molar-refractivity contribution is -0.138. The summed E-state index contributed by atoms with van der Waals surface area (Å²) >= 11 is 3.42. The lowest BCUT2D eigenvalue weighted by Gasteiger charge is -2.18. The Hall–Kier alpha value is -3.64. The van der Waals surface area contributed by atoms with Crippen molar-refractivity contribution >= 4 is 39.6 Å². The first kappa shape index (κ1) is 23.5. The van der Waals surface area contributed by atoms with E-state index < -0.39 is 5.97 Å². The minimum absolute atomic E-state index is 0.214. The Morgan fingerprint density at radius 1 is 0.971 bits per heavy atom. The molecule has 0 saturated carbocycles. The molecule has 0 bridgehead atoms. The fourth-order valence-electron chi connectivity index (χ4n) is 3.80. The molecule has 0 N–H and O–H groups in total. The van der Waals surface area contributed by atoms with Crippen LogP contribution in [-0.2, 0) is 20.9 Å². The van der Waals surface area contributed by atoms with Gasteiger partial charge < -0.3 is 9.47 Å². The maximum absolute atomic E-state index is 13.6. The molecule has 0 spiro atoms. The smallest absolute Gasteiger partial charge is 0.340 e. The van der Waals surface area contributed by atoms with E-state index in [0.29, 0.717) is 29.3 Å². The van der Waals surface area contributed by atoms with Gasteiger partial charge in [0.1, 0.15) is 12.4 Å². The van der Waals surface area contributed by atoms with Crippen molar-refractivity contribution in [1.29, 1.82) is 0 Å². The number of hydrogen-bond acceptors (Lipinski definition) is 4. The monoisotopic (exact) mass is 517 g/mol. The number of ether oxygens (including phenoxy) is 2. The van der Waals surface area contributed by atoms with Gasteiger partial charge in [0, 0.05) is 21.4 Å². The van der Waals surface area contributed by atoms with Gasteiger partial charge in [0.25, 0.3) is 5.91 Å². The molecular formula is C28H24BrNO4. The third-order valence-electron chi connectivity index (χ3n) is 5.42. The highest BCUT2D eigenvalue weighted by Gasteiger charge is 2.38. The van der Waals surface area contributed by atoms with Crippen LogP contribution >= 0.6 is 15.9 Å². The van der Waals surface area contributed by atoms with Gasteiger partial charge in [-0.25, -0.2) is 4.79 Å². The van der Waals surface area contributed by atoms with E-state index in [0.717, 1.165) is 10.0 Å². The number of carbonyl (C=O) groups excluding carboxylic acids is 2. The van der Waals surface area contributed by atoms with Gasteiger partial charge in [-0.1, -0.05) is 64.5 Å². The topological polar surface area (TPSA) is 55.8 Å². The number of nitrogens with zero attached hydrogens (tertiary/aromatic N) is 1. The van der Waals surface area contributed by atoms with Crippen LogP contribution in [0.3, 0.4) is 0 Å². The third kappa shape index (κ3) is 4.97. The SMILES string of the molecule is CCOC(=O)C1=C(C)N(c2ccc(Br)cc2)C(=O)/C1=C\c1ccccc1OCc1ccccc1. The summed E-state index contributed by atoms with van der Waals surface area (Å²) in [5.41, 5.74) is 3.46. The van der Waals surface area contributed by atoms with E-state index in [-0.39, 0.29) is 23.7 Å². The number of amides is 1. The lowest BCUT2D eigenvalue weighted by atomic mass is 10.0. The van der Waals surface area contributed by atoms with Crippen molar-refractivity contribution in [2.45, 2.75) is 20.5 Å². The Morgan fingerprint density at radius 3 is 2.35 bits per heavy atom. The number of carbonyl (C=O) groups is 2. The molecule has 1 aliphatic rings. The normalized spacial score (nSPS) is 14.6. The Bertz CT molecular complexity index is 1260. The highest BCUT2D eigenvalue weighted by molar-refractivity contribution is 9.10. The van der Waals surface area contributed by atoms with Crippen LogP contribution < -0.4 is 9.64 Å². The molecule has 4 rings (SSSR count). The summed E-state index contributed by atoms with van der Waals surface area (Å²) in [5.74, 6) is -0.197. The molecule has 1 heterocycles. The first-order valence-corrected chi connectivity index (χ1v) is 11.7. The molecule has 3 aromatic carbocycles. The first-order chi connectivity index (χ1) is 16.5. The zero-order valence-electron chi connectivity index (χ0n) is 19.0. The molecule has 0 atom stereocenters. The molecule has 1 amide bonds. The molecule has 3 aromatic rings. The van der Waals surface area contributed by atoms with Crippen molar-refractivity contribution in [1.82, 2.24) is 0 Å². The molecule has 0 radical (unpaired) electrons. The van der Waals surface area contributed by atoms with Crippen LogP contribution in [0.4, 0.5) is 5.69 Å². The highest BCUT2D eigenvalue weighted by Crippen LogP contribution is 2.37. The summed E-state index contributed by atoms with van der Waals surface area (Å²) in [6.07, 6.45) is 1.71. The summed E-state index contributed by atoms with van der Waals surface area (Å²) in [6, 6.07) is 24.7. The number of hydrogen-bond donors (Lipinski definition) is 0. The van der Waals surface area contributed by atoms with Crippen LogP contribution in [0.25, 0.3) is 6.08 Å². The van der Waals surface area contributed by atoms with Gasteiger partial charge in [0.15, 0.2) is 0 Å². The van der Waals surface area contributed by atoms with Crippen molar-refractivity contribution < 1.29 is 19.1 Å². The molecule has 1 aliphatic heterocycles. The average molecular weight is 518 g/mol. The van der Waals surface area contributed by atoms with Crippen LogP contribution in [-0.4, -0.2) is 18.5 Å². The Labute approximate surface area is 207 Å². The number of para-hydroxylation sites is 1. The molecule has 0 saturated heterocycles. The van der Waals surface area contributed by atoms with Gasteiger partial charge >= 0.3 is 5.97 Å². The fraction of sp³-hybridized carbons (Fsp3) is 0.143. The molecule has 6 heteroatoms. The van der Waals surface area contributed by atoms with E-state index in [4.69, 9.17) is 9.47 Å². The van der Waals surface area contributed by atoms with Crippen LogP contribution in [0.1, 0.15) is 25.0 Å². The molecule has 0 aromatic heterocycles. The summed E-state index contributed by atoms with van der Waals surface area (Å²) in [5, 5.41) is 0. The average Bonchev–Trinajstić information content (AvgIpc) is 3.09. The maximum Gasteiger partial charge on any atom is 0.340 e. The zero-order chi connectivity index (χ0) is 24.1. The van der Waals surface area contributed by atoms with Crippen LogP contribution in [0, 0.1) is 0 Å². The number of rotatable bonds is 7. The van der Waals surface area contributed by atoms with Gasteiger partial charge in [-0.2, -0.15) is 0 Å². The Balaban J connectivity index is 1.73. The summed E-state index contributed by atoms with van der Waals surface area (Å²) in [6.45, 7) is 4.10. The second kappa shape index (κ2) is 10.5. The minimum Gasteiger partial charge on any atom is -0.488 e. The molecule has 172 valence electrons. The van der Waals surface area contributed by atoms with Gasteiger partial charge in [-0.15, -0.1) is 0 Å². The number of allylic oxidation sites excluding steroid dienone is 1. The predicted octanol–water partition coefficient (Wildman–Crippen LogP) is 6.30. The van der Waals surface area contributed by atoms with Gasteiger partial charge in [0.05, 0.1) is 17.8 Å². The second-order valence-electron chi connectivity index (χ2n) is 7.67. The standard InChI is InChI=1S/C28H24BrNO4/c1-3-33-28(32)26-19(2)30(23-15-13-22(29)14-16-23)27(31)24(26)17-21-11-7-8-12-25(21)34-18-20-9-5-4-6-10-20/h4-17H,3,18H2,1-2H3/b24-17-. The van der Waals surface area contributed by atoms with Crippen LogP contribution in [0.5, 0.6) is 5.75 Å². The van der Waals surface area contributed by atoms with E-state index >= 15 is 0 Å². The number of anilines is 1. The molecule has 0 fully saturated rings. The van der Waals surface area contributed by atoms with Gasteiger partial charge in [-0.3, -0.25) is 9.69 Å². The largest absolute Gasteiger partial charge is 0.488 e. The van der Waals surface area contributed by atoms with Gasteiger partial charge in [-0.05, 0) is 55.8 Å². The van der Waals surface area contributed by atoms with Crippen LogP contribution in [0.2, 0.25) is 0 Å². The maximum atomic E-state index is 13.6. The number of halogens is 1. The van der Waals surface area contributed by atoms with Crippen molar-refractivity contribution in [2.75, 3.05) is 11.5 Å². The summed E-state index contributed by atoms with van der Waals surface area (Å²) in [4.78, 5) is 28.0. The summed E-state index contributed by atoms with van der Waals surface area (Å²) in [7, 11) is 0. The van der Waals surface area contributed by atoms with Crippen molar-refractivity contribution in [3.05, 3.63) is 111 Å². The van der Waals surface area contributed by atoms with E-state index in [9.17, 15) is 9.59 Å². The Kier molecular flexibility index (Phi) is 7.28. The zero-order valence-corrected chi connectivity index (χ0v) is 20.5. The van der Waals surface area contributed by atoms with Crippen LogP contribution in [0.15, 0.2) is 100 Å². The van der Waals surface area contributed by atoms with E-state index in [1.807, 2.05) is 78.9 Å². The van der Waals surface area contributed by atoms with Crippen molar-refractivity contribution in [3.8, 4) is 5.75 Å². The first-order valence-electron chi connectivity index (χ1n) is 11.0. The lowest BCUT2D eigenvalue weighted by Crippen LogP contribution is -2.24. The summed E-state index contributed by atoms with van der Waals surface area (Å²) < 4.78 is 12.3. The highest BCUT2D eigenvalue weighted by atomic mass is 79.9. The number of benzene rings is 3. The van der Waals surface area contributed by atoms with Gasteiger partial charge in [0.2, 0.25) is 0 Å². The predicted molar refractivity (Wildman–Crippen MR) is 136 cm³/mol. The fourth-order valence-corrected chi connectivity index (χ4v) is 4.07. The molecule has 0 aliphatic carbocycles. The number of esters is 1.